The molecule has 0 spiro atoms. The first-order valence-electron chi connectivity index (χ1n) is 8.90. The Morgan fingerprint density at radius 1 is 1.07 bits per heavy atom. The van der Waals surface area contributed by atoms with Gasteiger partial charge < -0.3 is 4.90 Å². The summed E-state index contributed by atoms with van der Waals surface area (Å²) < 4.78 is 14.0. The zero-order chi connectivity index (χ0) is 18.6. The number of likely N-dealkylation sites (tertiary alicyclic amines) is 1. The number of halogens is 1. The summed E-state index contributed by atoms with van der Waals surface area (Å²) in [4.78, 5) is 19.4. The van der Waals surface area contributed by atoms with E-state index in [9.17, 15) is 9.18 Å². The highest BCUT2D eigenvalue weighted by Crippen LogP contribution is 2.36. The molecule has 3 aromatic rings. The van der Waals surface area contributed by atoms with Crippen LogP contribution in [0.5, 0.6) is 0 Å². The van der Waals surface area contributed by atoms with Crippen LogP contribution in [0.3, 0.4) is 0 Å². The van der Waals surface area contributed by atoms with Gasteiger partial charge in [0.2, 0.25) is 11.1 Å². The monoisotopic (exact) mass is 382 g/mol. The number of hydrogen-bond acceptors (Lipinski definition) is 4. The number of nitrogens with zero attached hydrogens (tertiary/aromatic N) is 3. The molecule has 27 heavy (non-hydrogen) atoms. The molecule has 0 aliphatic carbocycles. The summed E-state index contributed by atoms with van der Waals surface area (Å²) in [6.07, 6.45) is 2.08. The number of carbonyl (C=O) groups excluding carboxylic acids is 1. The van der Waals surface area contributed by atoms with Crippen molar-refractivity contribution in [3.05, 3.63) is 66.0 Å². The molecule has 0 saturated carbocycles. The van der Waals surface area contributed by atoms with Crippen molar-refractivity contribution >= 4 is 17.7 Å². The molecule has 1 aliphatic heterocycles. The number of H-pyrrole nitrogens is 1. The third kappa shape index (κ3) is 3.88. The molecule has 7 heteroatoms. The van der Waals surface area contributed by atoms with Gasteiger partial charge in [-0.3, -0.25) is 9.89 Å². The molecule has 0 bridgehead atoms. The molecule has 1 amide bonds. The Labute approximate surface area is 161 Å². The average Bonchev–Trinajstić information content (AvgIpc) is 3.39. The van der Waals surface area contributed by atoms with Crippen molar-refractivity contribution in [3.8, 4) is 11.4 Å². The van der Waals surface area contributed by atoms with Crippen molar-refractivity contribution in [3.63, 3.8) is 0 Å². The van der Waals surface area contributed by atoms with E-state index in [0.29, 0.717) is 16.5 Å². The van der Waals surface area contributed by atoms with Crippen molar-refractivity contribution in [2.75, 3.05) is 13.1 Å². The fourth-order valence-electron chi connectivity index (χ4n) is 3.17. The van der Waals surface area contributed by atoms with E-state index in [4.69, 9.17) is 0 Å². The molecule has 0 unspecified atom stereocenters. The summed E-state index contributed by atoms with van der Waals surface area (Å²) in [7, 11) is 0. The molecule has 2 heterocycles. The predicted octanol–water partition coefficient (Wildman–Crippen LogP) is 4.07. The number of aromatic nitrogens is 3. The lowest BCUT2D eigenvalue weighted by molar-refractivity contribution is -0.129. The SMILES string of the molecule is O=C([C@@H](Sc1n[nH]c(-c2ccccc2F)n1)c1ccccc1)N1CCCC1. The van der Waals surface area contributed by atoms with Gasteiger partial charge in [-0.2, -0.15) is 0 Å². The highest BCUT2D eigenvalue weighted by atomic mass is 32.2. The van der Waals surface area contributed by atoms with E-state index in [1.807, 2.05) is 35.2 Å². The zero-order valence-corrected chi connectivity index (χ0v) is 15.5. The van der Waals surface area contributed by atoms with E-state index in [1.165, 1.54) is 17.8 Å². The molecule has 1 N–H and O–H groups in total. The Morgan fingerprint density at radius 2 is 1.78 bits per heavy atom. The van der Waals surface area contributed by atoms with E-state index in [1.54, 1.807) is 18.2 Å². The van der Waals surface area contributed by atoms with E-state index in [-0.39, 0.29) is 11.7 Å². The second-order valence-corrected chi connectivity index (χ2v) is 7.46. The van der Waals surface area contributed by atoms with Crippen LogP contribution in [0.4, 0.5) is 4.39 Å². The predicted molar refractivity (Wildman–Crippen MR) is 103 cm³/mol. The normalized spacial score (nSPS) is 15.1. The van der Waals surface area contributed by atoms with Crippen LogP contribution < -0.4 is 0 Å². The topological polar surface area (TPSA) is 61.9 Å². The molecule has 1 aromatic heterocycles. The number of hydrogen-bond donors (Lipinski definition) is 1. The Balaban J connectivity index is 1.60. The summed E-state index contributed by atoms with van der Waals surface area (Å²) in [5.74, 6) is 0.0647. The van der Waals surface area contributed by atoms with Crippen LogP contribution in [0, 0.1) is 5.82 Å². The lowest BCUT2D eigenvalue weighted by atomic mass is 10.1. The molecular formula is C20H19FN4OS. The minimum absolute atomic E-state index is 0.0703. The molecular weight excluding hydrogens is 363 g/mol. The number of rotatable bonds is 5. The van der Waals surface area contributed by atoms with Crippen LogP contribution in [-0.2, 0) is 4.79 Å². The summed E-state index contributed by atoms with van der Waals surface area (Å²) in [5.41, 5.74) is 1.27. The van der Waals surface area contributed by atoms with Crippen LogP contribution in [-0.4, -0.2) is 39.1 Å². The van der Waals surface area contributed by atoms with Gasteiger partial charge in [-0.05, 0) is 30.5 Å². The maximum absolute atomic E-state index is 14.0. The third-order valence-electron chi connectivity index (χ3n) is 4.56. The van der Waals surface area contributed by atoms with Gasteiger partial charge in [-0.15, -0.1) is 5.10 Å². The van der Waals surface area contributed by atoms with Gasteiger partial charge in [0, 0.05) is 13.1 Å². The standard InChI is InChI=1S/C20H19FN4OS/c21-16-11-5-4-10-15(16)18-22-20(24-23-18)27-17(14-8-2-1-3-9-14)19(26)25-12-6-7-13-25/h1-5,8-11,17H,6-7,12-13H2,(H,22,23,24)/t17-/m0/s1. The van der Waals surface area contributed by atoms with Crippen molar-refractivity contribution in [1.29, 1.82) is 0 Å². The van der Waals surface area contributed by atoms with Crippen LogP contribution in [0.1, 0.15) is 23.7 Å². The van der Waals surface area contributed by atoms with E-state index < -0.39 is 5.25 Å². The molecule has 0 radical (unpaired) electrons. The number of aromatic amines is 1. The molecule has 4 rings (SSSR count). The molecule has 1 saturated heterocycles. The maximum Gasteiger partial charge on any atom is 0.240 e. The van der Waals surface area contributed by atoms with Crippen molar-refractivity contribution in [2.24, 2.45) is 0 Å². The van der Waals surface area contributed by atoms with Gasteiger partial charge in [0.25, 0.3) is 0 Å². The van der Waals surface area contributed by atoms with E-state index in [0.717, 1.165) is 31.5 Å². The van der Waals surface area contributed by atoms with Gasteiger partial charge in [0.15, 0.2) is 5.82 Å². The smallest absolute Gasteiger partial charge is 0.240 e. The van der Waals surface area contributed by atoms with Crippen molar-refractivity contribution in [1.82, 2.24) is 20.1 Å². The fourth-order valence-corrected chi connectivity index (χ4v) is 4.17. The lowest BCUT2D eigenvalue weighted by Crippen LogP contribution is -2.31. The van der Waals surface area contributed by atoms with E-state index in [2.05, 4.69) is 15.2 Å². The highest BCUT2D eigenvalue weighted by Gasteiger charge is 2.30. The first-order chi connectivity index (χ1) is 13.2. The molecule has 1 atom stereocenters. The largest absolute Gasteiger partial charge is 0.341 e. The summed E-state index contributed by atoms with van der Waals surface area (Å²) in [6.45, 7) is 1.58. The molecule has 138 valence electrons. The van der Waals surface area contributed by atoms with Gasteiger partial charge >= 0.3 is 0 Å². The van der Waals surface area contributed by atoms with Gasteiger partial charge in [0.1, 0.15) is 11.1 Å². The van der Waals surface area contributed by atoms with Crippen molar-refractivity contribution < 1.29 is 9.18 Å². The van der Waals surface area contributed by atoms with Gasteiger partial charge in [-0.1, -0.05) is 54.2 Å². The Kier molecular flexibility index (Phi) is 5.20. The lowest BCUT2D eigenvalue weighted by Gasteiger charge is -2.22. The molecule has 5 nitrogen and oxygen atoms in total. The molecule has 1 aliphatic rings. The van der Waals surface area contributed by atoms with Crippen LogP contribution >= 0.6 is 11.8 Å². The van der Waals surface area contributed by atoms with Crippen molar-refractivity contribution in [2.45, 2.75) is 23.2 Å². The second-order valence-electron chi connectivity index (χ2n) is 6.39. The number of nitrogens with one attached hydrogen (secondary N) is 1. The summed E-state index contributed by atoms with van der Waals surface area (Å²) in [5, 5.41) is 6.98. The number of benzene rings is 2. The summed E-state index contributed by atoms with van der Waals surface area (Å²) >= 11 is 1.29. The molecule has 1 fully saturated rings. The Hall–Kier alpha value is -2.67. The minimum Gasteiger partial charge on any atom is -0.341 e. The maximum atomic E-state index is 14.0. The van der Waals surface area contributed by atoms with Crippen LogP contribution in [0.2, 0.25) is 0 Å². The van der Waals surface area contributed by atoms with Gasteiger partial charge in [0.05, 0.1) is 5.56 Å². The average molecular weight is 382 g/mol. The van der Waals surface area contributed by atoms with Gasteiger partial charge in [-0.25, -0.2) is 9.37 Å². The first kappa shape index (κ1) is 17.7. The summed E-state index contributed by atoms with van der Waals surface area (Å²) in [6, 6.07) is 16.1. The zero-order valence-electron chi connectivity index (χ0n) is 14.6. The Morgan fingerprint density at radius 3 is 2.52 bits per heavy atom. The first-order valence-corrected chi connectivity index (χ1v) is 9.78. The highest BCUT2D eigenvalue weighted by molar-refractivity contribution is 8.00. The number of amides is 1. The van der Waals surface area contributed by atoms with E-state index >= 15 is 0 Å². The quantitative estimate of drug-likeness (QED) is 0.676. The second kappa shape index (κ2) is 7.92. The third-order valence-corrected chi connectivity index (χ3v) is 5.66. The number of thioether (sulfide) groups is 1. The molecule has 2 aromatic carbocycles. The van der Waals surface area contributed by atoms with Crippen LogP contribution in [0.25, 0.3) is 11.4 Å². The Bertz CT molecular complexity index is 924. The fraction of sp³-hybridized carbons (Fsp3) is 0.250. The number of carbonyl (C=O) groups is 1. The minimum atomic E-state index is -0.423. The van der Waals surface area contributed by atoms with Crippen LogP contribution in [0.15, 0.2) is 59.8 Å².